The maximum absolute atomic E-state index is 12.5. The maximum Gasteiger partial charge on any atom is 0.331 e. The molecule has 0 aliphatic heterocycles. The lowest BCUT2D eigenvalue weighted by Crippen LogP contribution is -2.27. The van der Waals surface area contributed by atoms with Crippen molar-refractivity contribution in [2.24, 2.45) is 0 Å². The number of nitrogens with zero attached hydrogens (tertiary/aromatic N) is 1. The van der Waals surface area contributed by atoms with E-state index in [0.29, 0.717) is 6.41 Å². The number of aromatic hydroxyl groups is 4. The number of phenols is 3. The smallest absolute Gasteiger partial charge is 0.331 e. The highest BCUT2D eigenvalue weighted by molar-refractivity contribution is 8.16. The second-order valence-corrected chi connectivity index (χ2v) is 7.86. The monoisotopic (exact) mass is 487 g/mol. The van der Waals surface area contributed by atoms with Gasteiger partial charge in [0.2, 0.25) is 17.6 Å². The molecule has 0 spiro atoms. The Bertz CT molecular complexity index is 1380. The van der Waals surface area contributed by atoms with Crippen LogP contribution in [0.3, 0.4) is 0 Å². The zero-order valence-corrected chi connectivity index (χ0v) is 18.2. The molecule has 2 aromatic carbocycles. The summed E-state index contributed by atoms with van der Waals surface area (Å²) in [6, 6.07) is 5.47. The van der Waals surface area contributed by atoms with E-state index in [1.807, 2.05) is 0 Å². The number of thioether (sulfide) groups is 1. The zero-order valence-electron chi connectivity index (χ0n) is 17.4. The van der Waals surface area contributed by atoms with E-state index in [4.69, 9.17) is 9.15 Å². The largest absolute Gasteiger partial charge is 0.508 e. The summed E-state index contributed by atoms with van der Waals surface area (Å²) in [7, 11) is 0. The Morgan fingerprint density at radius 3 is 2.50 bits per heavy atom. The molecule has 1 amide bonds. The Balaban J connectivity index is 1.85. The van der Waals surface area contributed by atoms with Gasteiger partial charge in [-0.3, -0.25) is 14.4 Å². The number of benzene rings is 2. The minimum atomic E-state index is -0.964. The van der Waals surface area contributed by atoms with Gasteiger partial charge < -0.3 is 34.5 Å². The Morgan fingerprint density at radius 1 is 1.12 bits per heavy atom. The molecule has 0 aliphatic carbocycles. The number of carbonyl (C=O) groups excluding carboxylic acids is 3. The molecule has 3 rings (SSSR count). The average molecular weight is 487 g/mol. The maximum atomic E-state index is 12.5. The van der Waals surface area contributed by atoms with E-state index >= 15 is 0 Å². The molecular weight excluding hydrogens is 470 g/mol. The summed E-state index contributed by atoms with van der Waals surface area (Å²) in [4.78, 5) is 47.5. The number of rotatable bonds is 7. The van der Waals surface area contributed by atoms with Crippen LogP contribution >= 0.6 is 11.8 Å². The van der Waals surface area contributed by atoms with Crippen LogP contribution in [0, 0.1) is 0 Å². The van der Waals surface area contributed by atoms with Crippen LogP contribution in [0.4, 0.5) is 0 Å². The van der Waals surface area contributed by atoms with E-state index in [0.717, 1.165) is 34.9 Å². The standard InChI is InChI=1S/C22H17NO10S/c1-11(25)34-5-4-23(10-24)9-18(29)32-16-3-2-12(6-14(16)27)22-21(31)20(30)19-15(28)7-13(26)8-17(19)33-22/h2-8,10,26-28,31H,9H2,1H3/b5-4-. The van der Waals surface area contributed by atoms with Crippen LogP contribution in [-0.2, 0) is 14.4 Å². The third-order valence-corrected chi connectivity index (χ3v) is 4.90. The highest BCUT2D eigenvalue weighted by Crippen LogP contribution is 2.38. The van der Waals surface area contributed by atoms with Crippen molar-refractivity contribution in [1.29, 1.82) is 0 Å². The van der Waals surface area contributed by atoms with E-state index in [1.54, 1.807) is 0 Å². The SMILES string of the molecule is CC(=O)S/C=C\N(C=O)CC(=O)Oc1ccc(-c2oc3cc(O)cc(O)c3c(=O)c2O)cc1O. The lowest BCUT2D eigenvalue weighted by atomic mass is 10.1. The Labute approximate surface area is 195 Å². The highest BCUT2D eigenvalue weighted by atomic mass is 32.2. The third kappa shape index (κ3) is 5.30. The summed E-state index contributed by atoms with van der Waals surface area (Å²) in [5.41, 5.74) is -1.15. The summed E-state index contributed by atoms with van der Waals surface area (Å²) in [5.74, 6) is -3.92. The van der Waals surface area contributed by atoms with E-state index in [2.05, 4.69) is 0 Å². The second-order valence-electron chi connectivity index (χ2n) is 6.78. The fraction of sp³-hybridized carbons (Fsp3) is 0.0909. The number of hydrogen-bond acceptors (Lipinski definition) is 11. The van der Waals surface area contributed by atoms with Crippen LogP contribution in [0.25, 0.3) is 22.3 Å². The Morgan fingerprint density at radius 2 is 1.85 bits per heavy atom. The summed E-state index contributed by atoms with van der Waals surface area (Å²) in [6.45, 7) is 0.824. The van der Waals surface area contributed by atoms with Crippen LogP contribution < -0.4 is 10.2 Å². The molecule has 3 aromatic rings. The van der Waals surface area contributed by atoms with Crippen molar-refractivity contribution in [2.45, 2.75) is 6.92 Å². The van der Waals surface area contributed by atoms with Crippen LogP contribution in [0.1, 0.15) is 6.92 Å². The Kier molecular flexibility index (Phi) is 7.12. The molecule has 0 saturated carbocycles. The average Bonchev–Trinajstić information content (AvgIpc) is 2.76. The molecule has 176 valence electrons. The second kappa shape index (κ2) is 10.0. The van der Waals surface area contributed by atoms with Crippen LogP contribution in [0.5, 0.6) is 28.7 Å². The minimum absolute atomic E-state index is 0.0235. The molecule has 0 atom stereocenters. The van der Waals surface area contributed by atoms with E-state index < -0.39 is 35.2 Å². The lowest BCUT2D eigenvalue weighted by Gasteiger charge is -2.13. The third-order valence-electron chi connectivity index (χ3n) is 4.31. The summed E-state index contributed by atoms with van der Waals surface area (Å²) < 4.78 is 10.5. The fourth-order valence-electron chi connectivity index (χ4n) is 2.85. The van der Waals surface area contributed by atoms with Gasteiger partial charge in [0.15, 0.2) is 22.4 Å². The van der Waals surface area contributed by atoms with Crippen molar-refractivity contribution in [3.63, 3.8) is 0 Å². The fourth-order valence-corrected chi connectivity index (χ4v) is 3.26. The molecular formula is C22H17NO10S. The van der Waals surface area contributed by atoms with Gasteiger partial charge in [0.1, 0.15) is 29.0 Å². The number of amides is 1. The number of fused-ring (bicyclic) bond motifs is 1. The number of carbonyl (C=O) groups is 3. The van der Waals surface area contributed by atoms with Gasteiger partial charge in [0.25, 0.3) is 0 Å². The molecule has 12 heteroatoms. The zero-order chi connectivity index (χ0) is 25.0. The number of phenolic OH excluding ortho intramolecular Hbond substituents is 3. The van der Waals surface area contributed by atoms with Crippen molar-refractivity contribution >= 4 is 40.2 Å². The van der Waals surface area contributed by atoms with Gasteiger partial charge in [0, 0.05) is 30.8 Å². The first-order valence-corrected chi connectivity index (χ1v) is 10.3. The van der Waals surface area contributed by atoms with Crippen LogP contribution in [0.2, 0.25) is 0 Å². The van der Waals surface area contributed by atoms with Gasteiger partial charge in [0.05, 0.1) is 0 Å². The van der Waals surface area contributed by atoms with Crippen molar-refractivity contribution in [3.8, 4) is 40.1 Å². The summed E-state index contributed by atoms with van der Waals surface area (Å²) in [5, 5.41) is 40.8. The number of hydrogen-bond donors (Lipinski definition) is 4. The molecule has 0 aliphatic rings. The molecule has 34 heavy (non-hydrogen) atoms. The molecule has 1 aromatic heterocycles. The van der Waals surface area contributed by atoms with E-state index in [9.17, 15) is 39.6 Å². The molecule has 0 bridgehead atoms. The molecule has 4 N–H and O–H groups in total. The van der Waals surface area contributed by atoms with Gasteiger partial charge in [-0.05, 0) is 23.6 Å². The first kappa shape index (κ1) is 24.2. The lowest BCUT2D eigenvalue weighted by molar-refractivity contribution is -0.137. The number of ether oxygens (including phenoxy) is 1. The minimum Gasteiger partial charge on any atom is -0.508 e. The highest BCUT2D eigenvalue weighted by Gasteiger charge is 2.20. The van der Waals surface area contributed by atoms with Crippen molar-refractivity contribution < 1.29 is 44.0 Å². The van der Waals surface area contributed by atoms with E-state index in [-0.39, 0.29) is 38.9 Å². The predicted octanol–water partition coefficient (Wildman–Crippen LogP) is 2.40. The molecule has 1 heterocycles. The van der Waals surface area contributed by atoms with Gasteiger partial charge in [-0.15, -0.1) is 0 Å². The molecule has 11 nitrogen and oxygen atoms in total. The van der Waals surface area contributed by atoms with Crippen molar-refractivity contribution in [1.82, 2.24) is 4.90 Å². The summed E-state index contributed by atoms with van der Waals surface area (Å²) >= 11 is 0.821. The van der Waals surface area contributed by atoms with Gasteiger partial charge >= 0.3 is 5.97 Å². The van der Waals surface area contributed by atoms with Crippen LogP contribution in [-0.4, -0.2) is 49.4 Å². The number of esters is 1. The predicted molar refractivity (Wildman–Crippen MR) is 120 cm³/mol. The molecule has 0 radical (unpaired) electrons. The van der Waals surface area contributed by atoms with Crippen molar-refractivity contribution in [2.75, 3.05) is 6.54 Å². The normalized spacial score (nSPS) is 11.0. The van der Waals surface area contributed by atoms with Gasteiger partial charge in [-0.2, -0.15) is 0 Å². The first-order chi connectivity index (χ1) is 16.1. The molecule has 0 unspecified atom stereocenters. The summed E-state index contributed by atoms with van der Waals surface area (Å²) in [6.07, 6.45) is 1.56. The van der Waals surface area contributed by atoms with Crippen molar-refractivity contribution in [3.05, 3.63) is 52.2 Å². The van der Waals surface area contributed by atoms with Gasteiger partial charge in [-0.25, -0.2) is 4.79 Å². The first-order valence-electron chi connectivity index (χ1n) is 9.41. The molecule has 0 fully saturated rings. The van der Waals surface area contributed by atoms with Gasteiger partial charge in [-0.1, -0.05) is 11.8 Å². The molecule has 0 saturated heterocycles. The Hall–Kier alpha value is -4.45. The van der Waals surface area contributed by atoms with E-state index in [1.165, 1.54) is 30.7 Å². The quantitative estimate of drug-likeness (QED) is 0.219. The topological polar surface area (TPSA) is 175 Å². The van der Waals surface area contributed by atoms with Crippen LogP contribution in [0.15, 0.2) is 51.2 Å².